The molecule has 0 saturated carbocycles. The summed E-state index contributed by atoms with van der Waals surface area (Å²) >= 11 is 3.43. The molecule has 0 bridgehead atoms. The fourth-order valence-electron chi connectivity index (χ4n) is 2.81. The minimum Gasteiger partial charge on any atom is -0.387 e. The zero-order valence-electron chi connectivity index (χ0n) is 14.5. The van der Waals surface area contributed by atoms with E-state index in [0.29, 0.717) is 0 Å². The van der Waals surface area contributed by atoms with Crippen LogP contribution in [0, 0.1) is 0 Å². The Bertz CT molecular complexity index is 742. The van der Waals surface area contributed by atoms with E-state index in [1.54, 1.807) is 22.7 Å². The lowest BCUT2D eigenvalue weighted by Crippen LogP contribution is -2.34. The van der Waals surface area contributed by atoms with E-state index in [1.807, 2.05) is 30.3 Å². The number of likely N-dealkylation sites (N-methyl/N-ethyl adjacent to an activating group) is 1. The predicted octanol–water partition coefficient (Wildman–Crippen LogP) is 5.30. The Morgan fingerprint density at radius 1 is 1.04 bits per heavy atom. The van der Waals surface area contributed by atoms with Gasteiger partial charge in [0, 0.05) is 12.6 Å². The molecule has 2 aromatic heterocycles. The van der Waals surface area contributed by atoms with Crippen LogP contribution >= 0.6 is 22.7 Å². The monoisotopic (exact) mass is 369 g/mol. The molecular formula is C21H23NOS2. The molecule has 3 aromatic rings. The summed E-state index contributed by atoms with van der Waals surface area (Å²) in [6.45, 7) is 2.85. The van der Waals surface area contributed by atoms with Gasteiger partial charge in [-0.05, 0) is 69.9 Å². The highest BCUT2D eigenvalue weighted by molar-refractivity contribution is 7.08. The molecule has 2 heterocycles. The SMILES string of the molecule is CC(C(O)c1ccccc1)N(C)CC=C(c1ccsc1)c1ccsc1. The highest BCUT2D eigenvalue weighted by atomic mass is 32.1. The van der Waals surface area contributed by atoms with Crippen LogP contribution in [-0.4, -0.2) is 29.6 Å². The van der Waals surface area contributed by atoms with E-state index in [-0.39, 0.29) is 6.04 Å². The quantitative estimate of drug-likeness (QED) is 0.611. The Hall–Kier alpha value is -1.72. The number of rotatable bonds is 7. The number of aliphatic hydroxyl groups excluding tert-OH is 1. The Morgan fingerprint density at radius 2 is 1.64 bits per heavy atom. The smallest absolute Gasteiger partial charge is 0.0942 e. The van der Waals surface area contributed by atoms with Crippen molar-refractivity contribution in [3.05, 3.63) is 86.8 Å². The Labute approximate surface area is 157 Å². The van der Waals surface area contributed by atoms with Crippen LogP contribution in [0.4, 0.5) is 0 Å². The van der Waals surface area contributed by atoms with Gasteiger partial charge in [0.1, 0.15) is 0 Å². The molecule has 0 aliphatic carbocycles. The Balaban J connectivity index is 1.74. The van der Waals surface area contributed by atoms with Crippen molar-refractivity contribution in [2.24, 2.45) is 0 Å². The zero-order chi connectivity index (χ0) is 17.6. The molecule has 0 amide bonds. The number of nitrogens with zero attached hydrogens (tertiary/aromatic N) is 1. The summed E-state index contributed by atoms with van der Waals surface area (Å²) in [4.78, 5) is 2.19. The number of hydrogen-bond acceptors (Lipinski definition) is 4. The number of aliphatic hydroxyl groups is 1. The lowest BCUT2D eigenvalue weighted by atomic mass is 10.0. The summed E-state index contributed by atoms with van der Waals surface area (Å²) in [5, 5.41) is 19.2. The van der Waals surface area contributed by atoms with Crippen molar-refractivity contribution in [3.63, 3.8) is 0 Å². The van der Waals surface area contributed by atoms with Gasteiger partial charge in [0.25, 0.3) is 0 Å². The minimum absolute atomic E-state index is 0.0323. The maximum Gasteiger partial charge on any atom is 0.0942 e. The largest absolute Gasteiger partial charge is 0.387 e. The van der Waals surface area contributed by atoms with E-state index in [9.17, 15) is 5.11 Å². The van der Waals surface area contributed by atoms with Crippen molar-refractivity contribution in [2.75, 3.05) is 13.6 Å². The van der Waals surface area contributed by atoms with Gasteiger partial charge < -0.3 is 5.11 Å². The first-order chi connectivity index (χ1) is 12.2. The minimum atomic E-state index is -0.495. The van der Waals surface area contributed by atoms with Crippen molar-refractivity contribution >= 4 is 28.2 Å². The van der Waals surface area contributed by atoms with Gasteiger partial charge in [0.2, 0.25) is 0 Å². The topological polar surface area (TPSA) is 23.5 Å². The lowest BCUT2D eigenvalue weighted by molar-refractivity contribution is 0.0787. The van der Waals surface area contributed by atoms with Gasteiger partial charge in [-0.2, -0.15) is 22.7 Å². The molecule has 0 spiro atoms. The third kappa shape index (κ3) is 4.47. The number of hydrogen-bond donors (Lipinski definition) is 1. The predicted molar refractivity (Wildman–Crippen MR) is 109 cm³/mol. The maximum atomic E-state index is 10.6. The highest BCUT2D eigenvalue weighted by Crippen LogP contribution is 2.27. The molecule has 2 nitrogen and oxygen atoms in total. The van der Waals surface area contributed by atoms with E-state index >= 15 is 0 Å². The second-order valence-electron chi connectivity index (χ2n) is 6.18. The standard InChI is InChI=1S/C21H23NOS2/c1-16(21(23)17-6-4-3-5-7-17)22(2)11-8-20(18-9-12-24-14-18)19-10-13-25-15-19/h3-10,12-16,21,23H,11H2,1-2H3. The molecule has 2 atom stereocenters. The Morgan fingerprint density at radius 3 is 2.16 bits per heavy atom. The number of benzene rings is 1. The van der Waals surface area contributed by atoms with Crippen molar-refractivity contribution in [1.82, 2.24) is 4.90 Å². The van der Waals surface area contributed by atoms with Crippen LogP contribution in [0.25, 0.3) is 5.57 Å². The zero-order valence-corrected chi connectivity index (χ0v) is 16.1. The van der Waals surface area contributed by atoms with Crippen LogP contribution in [0.3, 0.4) is 0 Å². The van der Waals surface area contributed by atoms with Crippen molar-refractivity contribution in [2.45, 2.75) is 19.1 Å². The van der Waals surface area contributed by atoms with E-state index in [4.69, 9.17) is 0 Å². The molecule has 130 valence electrons. The van der Waals surface area contributed by atoms with Crippen molar-refractivity contribution in [3.8, 4) is 0 Å². The first-order valence-electron chi connectivity index (χ1n) is 8.35. The molecule has 1 N–H and O–H groups in total. The third-order valence-electron chi connectivity index (χ3n) is 4.54. The molecule has 0 fully saturated rings. The summed E-state index contributed by atoms with van der Waals surface area (Å²) in [5.41, 5.74) is 4.73. The van der Waals surface area contributed by atoms with Crippen LogP contribution in [0.5, 0.6) is 0 Å². The highest BCUT2D eigenvalue weighted by Gasteiger charge is 2.20. The normalized spacial score (nSPS) is 13.6. The fourth-order valence-corrected chi connectivity index (χ4v) is 4.12. The molecule has 0 aliphatic heterocycles. The first kappa shape index (κ1) is 18.1. The second kappa shape index (κ2) is 8.59. The van der Waals surface area contributed by atoms with Crippen LogP contribution in [0.1, 0.15) is 29.7 Å². The average Bonchev–Trinajstić information content (AvgIpc) is 3.35. The van der Waals surface area contributed by atoms with Crippen molar-refractivity contribution in [1.29, 1.82) is 0 Å². The van der Waals surface area contributed by atoms with Crippen molar-refractivity contribution < 1.29 is 5.11 Å². The van der Waals surface area contributed by atoms with E-state index in [0.717, 1.165) is 12.1 Å². The van der Waals surface area contributed by atoms with E-state index in [1.165, 1.54) is 16.7 Å². The summed E-state index contributed by atoms with van der Waals surface area (Å²) in [6, 6.07) is 14.2. The molecule has 0 radical (unpaired) electrons. The maximum absolute atomic E-state index is 10.6. The van der Waals surface area contributed by atoms with E-state index < -0.39 is 6.10 Å². The molecule has 4 heteroatoms. The summed E-state index contributed by atoms with van der Waals surface area (Å²) < 4.78 is 0. The van der Waals surface area contributed by atoms with Gasteiger partial charge in [0.05, 0.1) is 6.10 Å². The van der Waals surface area contributed by atoms with Gasteiger partial charge >= 0.3 is 0 Å². The third-order valence-corrected chi connectivity index (χ3v) is 5.91. The van der Waals surface area contributed by atoms with Gasteiger partial charge in [-0.15, -0.1) is 0 Å². The van der Waals surface area contributed by atoms with Gasteiger partial charge in [-0.1, -0.05) is 36.4 Å². The van der Waals surface area contributed by atoms with Crippen LogP contribution in [-0.2, 0) is 0 Å². The van der Waals surface area contributed by atoms with E-state index in [2.05, 4.69) is 58.6 Å². The number of thiophene rings is 2. The molecule has 25 heavy (non-hydrogen) atoms. The molecule has 3 rings (SSSR count). The molecule has 1 aromatic carbocycles. The molecule has 0 saturated heterocycles. The average molecular weight is 370 g/mol. The first-order valence-corrected chi connectivity index (χ1v) is 10.2. The van der Waals surface area contributed by atoms with Crippen LogP contribution < -0.4 is 0 Å². The Kier molecular flexibility index (Phi) is 6.21. The van der Waals surface area contributed by atoms with Gasteiger partial charge in [0.15, 0.2) is 0 Å². The van der Waals surface area contributed by atoms with Gasteiger partial charge in [-0.25, -0.2) is 0 Å². The molecular weight excluding hydrogens is 346 g/mol. The lowest BCUT2D eigenvalue weighted by Gasteiger charge is -2.28. The summed E-state index contributed by atoms with van der Waals surface area (Å²) in [7, 11) is 2.06. The second-order valence-corrected chi connectivity index (χ2v) is 7.74. The molecule has 2 unspecified atom stereocenters. The summed E-state index contributed by atoms with van der Waals surface area (Å²) in [6.07, 6.45) is 1.77. The van der Waals surface area contributed by atoms with Gasteiger partial charge in [-0.3, -0.25) is 4.90 Å². The molecule has 0 aliphatic rings. The fraction of sp³-hybridized carbons (Fsp3) is 0.238. The van der Waals surface area contributed by atoms with Crippen LogP contribution in [0.15, 0.2) is 70.1 Å². The van der Waals surface area contributed by atoms with Crippen LogP contribution in [0.2, 0.25) is 0 Å². The summed E-state index contributed by atoms with van der Waals surface area (Å²) in [5.74, 6) is 0.